The number of hydrogen-bond donors (Lipinski definition) is 1. The van der Waals surface area contributed by atoms with Gasteiger partial charge in [0.25, 0.3) is 0 Å². The highest BCUT2D eigenvalue weighted by Gasteiger charge is 2.11. The molecule has 0 unspecified atom stereocenters. The van der Waals surface area contributed by atoms with Gasteiger partial charge >= 0.3 is 0 Å². The molecule has 1 aromatic heterocycles. The molecule has 0 aliphatic heterocycles. The molecule has 3 rings (SSSR count). The number of aromatic nitrogens is 2. The molecule has 0 aliphatic carbocycles. The van der Waals surface area contributed by atoms with E-state index >= 15 is 0 Å². The number of rotatable bonds is 2. The van der Waals surface area contributed by atoms with Crippen LogP contribution in [0.4, 0.5) is 5.69 Å². The summed E-state index contributed by atoms with van der Waals surface area (Å²) in [6.45, 7) is 0. The maximum absolute atomic E-state index is 8.90. The molecule has 0 bridgehead atoms. The number of hydrogen-bond acceptors (Lipinski definition) is 3. The van der Waals surface area contributed by atoms with Crippen molar-refractivity contribution in [2.45, 2.75) is 0 Å². The van der Waals surface area contributed by atoms with Crippen LogP contribution in [0, 0.1) is 11.3 Å². The second-order valence-corrected chi connectivity index (χ2v) is 4.93. The maximum atomic E-state index is 8.90. The molecule has 0 fully saturated rings. The average Bonchev–Trinajstić information content (AvgIpc) is 2.96. The molecule has 5 heteroatoms. The van der Waals surface area contributed by atoms with Crippen LogP contribution in [-0.2, 0) is 0 Å². The van der Waals surface area contributed by atoms with Crippen molar-refractivity contribution in [3.63, 3.8) is 0 Å². The molecule has 0 aliphatic rings. The third-order valence-corrected chi connectivity index (χ3v) is 3.42. The molecule has 1 heterocycles. The summed E-state index contributed by atoms with van der Waals surface area (Å²) < 4.78 is 1.87. The van der Waals surface area contributed by atoms with Gasteiger partial charge in [-0.3, -0.25) is 4.57 Å². The molecule has 0 atom stereocenters. The van der Waals surface area contributed by atoms with Crippen LogP contribution in [0.25, 0.3) is 17.1 Å². The van der Waals surface area contributed by atoms with Crippen molar-refractivity contribution in [2.75, 3.05) is 5.73 Å². The average molecular weight is 295 g/mol. The first-order valence-corrected chi connectivity index (χ1v) is 6.66. The van der Waals surface area contributed by atoms with E-state index in [0.717, 1.165) is 17.1 Å². The highest BCUT2D eigenvalue weighted by Crippen LogP contribution is 2.27. The molecule has 3 aromatic rings. The molecule has 0 amide bonds. The zero-order valence-electron chi connectivity index (χ0n) is 11.0. The van der Waals surface area contributed by atoms with Crippen molar-refractivity contribution in [1.82, 2.24) is 9.55 Å². The zero-order valence-corrected chi connectivity index (χ0v) is 11.7. The number of nitrogen functional groups attached to an aromatic ring is 1. The van der Waals surface area contributed by atoms with Crippen LogP contribution in [0.5, 0.6) is 0 Å². The van der Waals surface area contributed by atoms with E-state index in [-0.39, 0.29) is 0 Å². The SMILES string of the molecule is N#Cc1ccc(-n2ccnc2-c2cccc(N)c2)c(Cl)c1. The van der Waals surface area contributed by atoms with Crippen molar-refractivity contribution in [3.05, 3.63) is 65.4 Å². The van der Waals surface area contributed by atoms with Gasteiger partial charge in [0.1, 0.15) is 5.82 Å². The van der Waals surface area contributed by atoms with Gasteiger partial charge in [-0.1, -0.05) is 23.7 Å². The Kier molecular flexibility index (Phi) is 3.35. The van der Waals surface area contributed by atoms with Gasteiger partial charge in [-0.25, -0.2) is 4.98 Å². The number of benzene rings is 2. The Bertz CT molecular complexity index is 845. The van der Waals surface area contributed by atoms with Gasteiger partial charge in [-0.2, -0.15) is 5.26 Å². The van der Waals surface area contributed by atoms with Crippen molar-refractivity contribution < 1.29 is 0 Å². The van der Waals surface area contributed by atoms with Gasteiger partial charge in [0, 0.05) is 23.6 Å². The van der Waals surface area contributed by atoms with Crippen LogP contribution in [0.2, 0.25) is 5.02 Å². The van der Waals surface area contributed by atoms with E-state index < -0.39 is 0 Å². The highest BCUT2D eigenvalue weighted by atomic mass is 35.5. The molecule has 102 valence electrons. The lowest BCUT2D eigenvalue weighted by molar-refractivity contribution is 1.07. The monoisotopic (exact) mass is 294 g/mol. The second kappa shape index (κ2) is 5.31. The van der Waals surface area contributed by atoms with Crippen LogP contribution < -0.4 is 5.73 Å². The number of imidazole rings is 1. The molecular weight excluding hydrogens is 284 g/mol. The molecule has 0 radical (unpaired) electrons. The summed E-state index contributed by atoms with van der Waals surface area (Å²) in [6, 6.07) is 14.7. The van der Waals surface area contributed by atoms with E-state index in [2.05, 4.69) is 11.1 Å². The fraction of sp³-hybridized carbons (Fsp3) is 0. The second-order valence-electron chi connectivity index (χ2n) is 4.52. The Labute approximate surface area is 127 Å². The van der Waals surface area contributed by atoms with Crippen LogP contribution >= 0.6 is 11.6 Å². The normalized spacial score (nSPS) is 10.3. The third-order valence-electron chi connectivity index (χ3n) is 3.12. The van der Waals surface area contributed by atoms with Gasteiger partial charge in [-0.15, -0.1) is 0 Å². The Morgan fingerprint density at radius 3 is 2.76 bits per heavy atom. The molecule has 21 heavy (non-hydrogen) atoms. The lowest BCUT2D eigenvalue weighted by atomic mass is 10.1. The maximum Gasteiger partial charge on any atom is 0.144 e. The van der Waals surface area contributed by atoms with Crippen LogP contribution in [-0.4, -0.2) is 9.55 Å². The van der Waals surface area contributed by atoms with Gasteiger partial charge in [0.2, 0.25) is 0 Å². The number of halogens is 1. The number of nitrogens with zero attached hydrogens (tertiary/aromatic N) is 3. The Morgan fingerprint density at radius 1 is 1.19 bits per heavy atom. The van der Waals surface area contributed by atoms with Crippen LogP contribution in [0.15, 0.2) is 54.9 Å². The van der Waals surface area contributed by atoms with Crippen molar-refractivity contribution in [2.24, 2.45) is 0 Å². The van der Waals surface area contributed by atoms with E-state index in [4.69, 9.17) is 22.6 Å². The fourth-order valence-electron chi connectivity index (χ4n) is 2.16. The Balaban J connectivity index is 2.14. The van der Waals surface area contributed by atoms with E-state index in [1.54, 1.807) is 24.4 Å². The van der Waals surface area contributed by atoms with Crippen molar-refractivity contribution >= 4 is 17.3 Å². The molecule has 2 aromatic carbocycles. The van der Waals surface area contributed by atoms with Gasteiger partial charge < -0.3 is 5.73 Å². The van der Waals surface area contributed by atoms with Crippen LogP contribution in [0.3, 0.4) is 0 Å². The minimum absolute atomic E-state index is 0.497. The fourth-order valence-corrected chi connectivity index (χ4v) is 2.43. The molecule has 4 nitrogen and oxygen atoms in total. The molecule has 2 N–H and O–H groups in total. The summed E-state index contributed by atoms with van der Waals surface area (Å²) in [7, 11) is 0. The first-order chi connectivity index (χ1) is 10.2. The summed E-state index contributed by atoms with van der Waals surface area (Å²) in [5, 5.41) is 9.40. The lowest BCUT2D eigenvalue weighted by Crippen LogP contribution is -1.98. The predicted molar refractivity (Wildman–Crippen MR) is 83.1 cm³/mol. The van der Waals surface area contributed by atoms with Crippen LogP contribution in [0.1, 0.15) is 5.56 Å². The molecule has 0 saturated carbocycles. The van der Waals surface area contributed by atoms with Crippen molar-refractivity contribution in [1.29, 1.82) is 5.26 Å². The van der Waals surface area contributed by atoms with Gasteiger partial charge in [0.05, 0.1) is 22.3 Å². The first-order valence-electron chi connectivity index (χ1n) is 6.28. The number of nitriles is 1. The van der Waals surface area contributed by atoms with E-state index in [1.165, 1.54) is 0 Å². The van der Waals surface area contributed by atoms with E-state index in [1.807, 2.05) is 35.0 Å². The molecular formula is C16H11ClN4. The Morgan fingerprint density at radius 2 is 2.05 bits per heavy atom. The van der Waals surface area contributed by atoms with E-state index in [0.29, 0.717) is 16.3 Å². The van der Waals surface area contributed by atoms with E-state index in [9.17, 15) is 0 Å². The third kappa shape index (κ3) is 2.47. The van der Waals surface area contributed by atoms with Crippen molar-refractivity contribution in [3.8, 4) is 23.1 Å². The summed E-state index contributed by atoms with van der Waals surface area (Å²) in [4.78, 5) is 4.37. The number of anilines is 1. The smallest absolute Gasteiger partial charge is 0.144 e. The summed E-state index contributed by atoms with van der Waals surface area (Å²) >= 11 is 6.27. The summed E-state index contributed by atoms with van der Waals surface area (Å²) in [5.41, 5.74) is 8.69. The van der Waals surface area contributed by atoms with Gasteiger partial charge in [-0.05, 0) is 30.3 Å². The zero-order chi connectivity index (χ0) is 14.8. The molecule has 0 saturated heterocycles. The predicted octanol–water partition coefficient (Wildman–Crippen LogP) is 3.65. The summed E-state index contributed by atoms with van der Waals surface area (Å²) in [5.74, 6) is 0.744. The molecule has 0 spiro atoms. The minimum Gasteiger partial charge on any atom is -0.399 e. The topological polar surface area (TPSA) is 67.6 Å². The standard InChI is InChI=1S/C16H11ClN4/c17-14-8-11(10-18)4-5-15(14)21-7-6-20-16(21)12-2-1-3-13(19)9-12/h1-9H,19H2. The lowest BCUT2D eigenvalue weighted by Gasteiger charge is -2.10. The Hall–Kier alpha value is -2.77. The number of nitrogens with two attached hydrogens (primary N) is 1. The minimum atomic E-state index is 0.497. The largest absolute Gasteiger partial charge is 0.399 e. The first kappa shape index (κ1) is 13.2. The van der Waals surface area contributed by atoms with Gasteiger partial charge in [0.15, 0.2) is 0 Å². The summed E-state index contributed by atoms with van der Waals surface area (Å²) in [6.07, 6.45) is 3.53. The quantitative estimate of drug-likeness (QED) is 0.734. The highest BCUT2D eigenvalue weighted by molar-refractivity contribution is 6.32.